The summed E-state index contributed by atoms with van der Waals surface area (Å²) in [5.74, 6) is -0.472. The standard InChI is InChI=1S/C21H27NO3/c1-3-20(16(2)23)21(24)22-13-18-10-7-11-19(12-18)15-25-14-17-8-5-4-6-9-17/h4-12,16,20,23H,3,13-15H2,1-2H3,(H,22,24)/t16-,20+/m1/s1. The number of rotatable bonds is 9. The van der Waals surface area contributed by atoms with Crippen molar-refractivity contribution < 1.29 is 14.6 Å². The van der Waals surface area contributed by atoms with Crippen LogP contribution in [0.25, 0.3) is 0 Å². The minimum absolute atomic E-state index is 0.108. The van der Waals surface area contributed by atoms with Crippen molar-refractivity contribution in [3.63, 3.8) is 0 Å². The van der Waals surface area contributed by atoms with Crippen LogP contribution in [0.3, 0.4) is 0 Å². The summed E-state index contributed by atoms with van der Waals surface area (Å²) in [6, 6.07) is 18.1. The first-order valence-electron chi connectivity index (χ1n) is 8.75. The predicted molar refractivity (Wildman–Crippen MR) is 98.7 cm³/mol. The number of hydrogen-bond acceptors (Lipinski definition) is 3. The first-order chi connectivity index (χ1) is 12.1. The minimum Gasteiger partial charge on any atom is -0.393 e. The number of ether oxygens (including phenoxy) is 1. The summed E-state index contributed by atoms with van der Waals surface area (Å²) in [5, 5.41) is 12.5. The third-order valence-electron chi connectivity index (χ3n) is 4.20. The van der Waals surface area contributed by atoms with E-state index < -0.39 is 6.10 Å². The molecule has 25 heavy (non-hydrogen) atoms. The summed E-state index contributed by atoms with van der Waals surface area (Å²) in [4.78, 5) is 12.1. The summed E-state index contributed by atoms with van der Waals surface area (Å²) in [5.41, 5.74) is 3.24. The normalized spacial score (nSPS) is 13.2. The molecule has 0 spiro atoms. The summed E-state index contributed by atoms with van der Waals surface area (Å²) in [6.45, 7) is 5.12. The Hall–Kier alpha value is -2.17. The number of aliphatic hydroxyl groups is 1. The monoisotopic (exact) mass is 341 g/mol. The molecule has 2 N–H and O–H groups in total. The Balaban J connectivity index is 1.83. The fourth-order valence-corrected chi connectivity index (χ4v) is 2.76. The van der Waals surface area contributed by atoms with Crippen LogP contribution in [0.2, 0.25) is 0 Å². The first kappa shape index (κ1) is 19.2. The Bertz CT molecular complexity index is 655. The van der Waals surface area contributed by atoms with Gasteiger partial charge in [0.05, 0.1) is 25.2 Å². The summed E-state index contributed by atoms with van der Waals surface area (Å²) in [7, 11) is 0. The van der Waals surface area contributed by atoms with Gasteiger partial charge in [-0.1, -0.05) is 61.5 Å². The van der Waals surface area contributed by atoms with E-state index in [0.717, 1.165) is 16.7 Å². The molecule has 1 amide bonds. The largest absolute Gasteiger partial charge is 0.393 e. The van der Waals surface area contributed by atoms with Crippen molar-refractivity contribution in [1.82, 2.24) is 5.32 Å². The van der Waals surface area contributed by atoms with Crippen LogP contribution >= 0.6 is 0 Å². The van der Waals surface area contributed by atoms with Crippen molar-refractivity contribution in [2.75, 3.05) is 0 Å². The van der Waals surface area contributed by atoms with Crippen LogP contribution in [-0.2, 0) is 29.3 Å². The highest BCUT2D eigenvalue weighted by molar-refractivity contribution is 5.79. The number of benzene rings is 2. The maximum Gasteiger partial charge on any atom is 0.225 e. The van der Waals surface area contributed by atoms with E-state index in [9.17, 15) is 9.90 Å². The fourth-order valence-electron chi connectivity index (χ4n) is 2.76. The van der Waals surface area contributed by atoms with Crippen LogP contribution in [0.5, 0.6) is 0 Å². The number of carbonyl (C=O) groups is 1. The predicted octanol–water partition coefficient (Wildman–Crippen LogP) is 3.43. The van der Waals surface area contributed by atoms with Gasteiger partial charge >= 0.3 is 0 Å². The first-order valence-corrected chi connectivity index (χ1v) is 8.75. The SMILES string of the molecule is CC[C@H](C(=O)NCc1cccc(COCc2ccccc2)c1)[C@@H](C)O. The average Bonchev–Trinajstić information content (AvgIpc) is 2.61. The highest BCUT2D eigenvalue weighted by atomic mass is 16.5. The second-order valence-corrected chi connectivity index (χ2v) is 6.27. The van der Waals surface area contributed by atoms with Crippen molar-refractivity contribution >= 4 is 5.91 Å². The van der Waals surface area contributed by atoms with Crippen molar-refractivity contribution in [3.8, 4) is 0 Å². The van der Waals surface area contributed by atoms with Gasteiger partial charge in [-0.25, -0.2) is 0 Å². The van der Waals surface area contributed by atoms with E-state index in [0.29, 0.717) is 26.2 Å². The molecule has 2 atom stereocenters. The Kier molecular flexibility index (Phi) is 7.64. The van der Waals surface area contributed by atoms with Crippen LogP contribution in [-0.4, -0.2) is 17.1 Å². The molecule has 0 unspecified atom stereocenters. The smallest absolute Gasteiger partial charge is 0.225 e. The van der Waals surface area contributed by atoms with Gasteiger partial charge in [0, 0.05) is 6.54 Å². The summed E-state index contributed by atoms with van der Waals surface area (Å²) in [6.07, 6.45) is -0.0145. The molecule has 134 valence electrons. The number of nitrogens with one attached hydrogen (secondary N) is 1. The van der Waals surface area contributed by atoms with Crippen LogP contribution in [0.15, 0.2) is 54.6 Å². The van der Waals surface area contributed by atoms with Gasteiger partial charge in [-0.05, 0) is 30.0 Å². The van der Waals surface area contributed by atoms with E-state index in [-0.39, 0.29) is 11.8 Å². The molecular formula is C21H27NO3. The quantitative estimate of drug-likeness (QED) is 0.735. The molecule has 0 radical (unpaired) electrons. The maximum absolute atomic E-state index is 12.1. The van der Waals surface area contributed by atoms with Crippen molar-refractivity contribution in [2.24, 2.45) is 5.92 Å². The second kappa shape index (κ2) is 9.97. The summed E-state index contributed by atoms with van der Waals surface area (Å²) >= 11 is 0. The molecule has 2 aromatic carbocycles. The van der Waals surface area contributed by atoms with Crippen molar-refractivity contribution in [1.29, 1.82) is 0 Å². The number of hydrogen-bond donors (Lipinski definition) is 2. The molecule has 2 aromatic rings. The maximum atomic E-state index is 12.1. The van der Waals surface area contributed by atoms with Crippen LogP contribution < -0.4 is 5.32 Å². The zero-order valence-corrected chi connectivity index (χ0v) is 14.9. The van der Waals surface area contributed by atoms with Crippen molar-refractivity contribution in [3.05, 3.63) is 71.3 Å². The van der Waals surface area contributed by atoms with Gasteiger partial charge in [-0.3, -0.25) is 4.79 Å². The molecule has 0 bridgehead atoms. The average molecular weight is 341 g/mol. The number of aliphatic hydroxyl groups excluding tert-OH is 1. The van der Waals surface area contributed by atoms with Crippen LogP contribution in [0, 0.1) is 5.92 Å². The third kappa shape index (κ3) is 6.33. The molecule has 0 aromatic heterocycles. The Morgan fingerprint density at radius 3 is 2.36 bits per heavy atom. The van der Waals surface area contributed by atoms with Gasteiger partial charge in [0.25, 0.3) is 0 Å². The van der Waals surface area contributed by atoms with E-state index in [1.54, 1.807) is 6.92 Å². The molecule has 2 rings (SSSR count). The number of carbonyl (C=O) groups excluding carboxylic acids is 1. The summed E-state index contributed by atoms with van der Waals surface area (Å²) < 4.78 is 5.75. The highest BCUT2D eigenvalue weighted by Gasteiger charge is 2.20. The zero-order valence-electron chi connectivity index (χ0n) is 14.9. The highest BCUT2D eigenvalue weighted by Crippen LogP contribution is 2.11. The van der Waals surface area contributed by atoms with Gasteiger partial charge in [0.2, 0.25) is 5.91 Å². The lowest BCUT2D eigenvalue weighted by Gasteiger charge is -2.17. The molecule has 0 saturated carbocycles. The molecule has 4 heteroatoms. The zero-order chi connectivity index (χ0) is 18.1. The fraction of sp³-hybridized carbons (Fsp3) is 0.381. The molecule has 0 heterocycles. The van der Waals surface area contributed by atoms with Gasteiger partial charge in [0.15, 0.2) is 0 Å². The molecule has 0 saturated heterocycles. The topological polar surface area (TPSA) is 58.6 Å². The Labute approximate surface area is 149 Å². The van der Waals surface area contributed by atoms with E-state index in [1.807, 2.05) is 61.5 Å². The molecule has 0 aliphatic rings. The van der Waals surface area contributed by atoms with Crippen molar-refractivity contribution in [2.45, 2.75) is 46.1 Å². The van der Waals surface area contributed by atoms with Gasteiger partial charge in [-0.15, -0.1) is 0 Å². The van der Waals surface area contributed by atoms with E-state index >= 15 is 0 Å². The van der Waals surface area contributed by atoms with Gasteiger partial charge < -0.3 is 15.2 Å². The van der Waals surface area contributed by atoms with E-state index in [4.69, 9.17) is 4.74 Å². The Morgan fingerprint density at radius 2 is 1.68 bits per heavy atom. The lowest BCUT2D eigenvalue weighted by Crippen LogP contribution is -2.35. The molecule has 0 aliphatic heterocycles. The van der Waals surface area contributed by atoms with Crippen LogP contribution in [0.4, 0.5) is 0 Å². The lowest BCUT2D eigenvalue weighted by molar-refractivity contribution is -0.128. The third-order valence-corrected chi connectivity index (χ3v) is 4.20. The molecule has 0 aliphatic carbocycles. The van der Waals surface area contributed by atoms with E-state index in [1.165, 1.54) is 0 Å². The molecule has 4 nitrogen and oxygen atoms in total. The Morgan fingerprint density at radius 1 is 1.04 bits per heavy atom. The van der Waals surface area contributed by atoms with Gasteiger partial charge in [0.1, 0.15) is 0 Å². The van der Waals surface area contributed by atoms with Gasteiger partial charge in [-0.2, -0.15) is 0 Å². The second-order valence-electron chi connectivity index (χ2n) is 6.27. The minimum atomic E-state index is -0.636. The molecule has 0 fully saturated rings. The van der Waals surface area contributed by atoms with Crippen LogP contribution in [0.1, 0.15) is 37.0 Å². The number of amides is 1. The van der Waals surface area contributed by atoms with E-state index in [2.05, 4.69) is 5.32 Å². The lowest BCUT2D eigenvalue weighted by atomic mass is 9.99. The molecular weight excluding hydrogens is 314 g/mol.